The van der Waals surface area contributed by atoms with Gasteiger partial charge >= 0.3 is 5.69 Å². The highest BCUT2D eigenvalue weighted by Gasteiger charge is 2.21. The van der Waals surface area contributed by atoms with E-state index in [2.05, 4.69) is 15.3 Å². The van der Waals surface area contributed by atoms with Gasteiger partial charge in [0, 0.05) is 25.4 Å². The number of ether oxygens (including phenoxy) is 1. The van der Waals surface area contributed by atoms with Crippen molar-refractivity contribution in [3.8, 4) is 22.9 Å². The van der Waals surface area contributed by atoms with E-state index in [0.29, 0.717) is 46.3 Å². The fraction of sp³-hybridized carbons (Fsp3) is 0.103. The van der Waals surface area contributed by atoms with Crippen molar-refractivity contribution in [1.82, 2.24) is 24.4 Å². The summed E-state index contributed by atoms with van der Waals surface area (Å²) >= 11 is 0. The van der Waals surface area contributed by atoms with Gasteiger partial charge < -0.3 is 20.7 Å². The molecule has 1 amide bonds. The van der Waals surface area contributed by atoms with Gasteiger partial charge in [0.05, 0.1) is 11.4 Å². The van der Waals surface area contributed by atoms with Crippen molar-refractivity contribution in [3.63, 3.8) is 0 Å². The minimum atomic E-state index is -0.381. The maximum absolute atomic E-state index is 13.9. The maximum Gasteiger partial charge on any atom is 0.339 e. The lowest BCUT2D eigenvalue weighted by molar-refractivity contribution is -0.113. The highest BCUT2D eigenvalue weighted by molar-refractivity contribution is 6.01. The van der Waals surface area contributed by atoms with E-state index in [1.54, 1.807) is 68.7 Å². The number of carbonyl (C=O) groups is 1. The van der Waals surface area contributed by atoms with Gasteiger partial charge in [0.2, 0.25) is 5.91 Å². The van der Waals surface area contributed by atoms with Gasteiger partial charge in [0.1, 0.15) is 23.3 Å². The molecule has 2 aromatic heterocycles. The number of para-hydroxylation sites is 1. The summed E-state index contributed by atoms with van der Waals surface area (Å²) in [4.78, 5) is 36.5. The lowest BCUT2D eigenvalue weighted by Crippen LogP contribution is -2.25. The number of rotatable bonds is 8. The minimum Gasteiger partial charge on any atom is -0.457 e. The number of nitrogens with one attached hydrogen (secondary N) is 1. The number of nitrogen functional groups attached to an aromatic ring is 1. The molecule has 10 nitrogen and oxygen atoms in total. The summed E-state index contributed by atoms with van der Waals surface area (Å²) in [7, 11) is 3.48. The van der Waals surface area contributed by atoms with Crippen LogP contribution in [-0.4, -0.2) is 45.6 Å². The Kier molecular flexibility index (Phi) is 8.63. The molecule has 3 aromatic carbocycles. The third-order valence-electron chi connectivity index (χ3n) is 6.11. The average Bonchev–Trinajstić information content (AvgIpc) is 3.26. The molecule has 204 valence electrons. The number of benzene rings is 3. The summed E-state index contributed by atoms with van der Waals surface area (Å²) in [6.07, 6.45) is 4.57. The smallest absolute Gasteiger partial charge is 0.339 e. The Hall–Kier alpha value is -4.93. The second-order valence-corrected chi connectivity index (χ2v) is 8.67. The van der Waals surface area contributed by atoms with Crippen LogP contribution in [0.25, 0.3) is 22.5 Å². The summed E-state index contributed by atoms with van der Waals surface area (Å²) in [5, 5.41) is 2.96. The molecule has 0 aliphatic heterocycles. The van der Waals surface area contributed by atoms with Gasteiger partial charge in [0.15, 0.2) is 11.5 Å². The van der Waals surface area contributed by atoms with Crippen LogP contribution in [0.4, 0.5) is 11.5 Å². The van der Waals surface area contributed by atoms with Crippen LogP contribution in [0.5, 0.6) is 11.5 Å². The van der Waals surface area contributed by atoms with E-state index in [1.807, 2.05) is 30.3 Å². The predicted octanol–water partition coefficient (Wildman–Crippen LogP) is 4.11. The summed E-state index contributed by atoms with van der Waals surface area (Å²) in [6.45, 7) is 0.578. The average molecular weight is 558 g/mol. The molecule has 5 aromatic rings. The van der Waals surface area contributed by atoms with Crippen molar-refractivity contribution in [3.05, 3.63) is 108 Å². The standard InChI is InChI=1S/C29H27N7O3.ClH/c1-31-17-7-12-25(37)34(2)21-8-6-9-22(18-21)36-28-26(27(30)32-19-33-28)35(29(36)38)20-13-15-24(16-14-20)39-23-10-4-3-5-11-23;/h3-16,18-19,31H,17H2,1-2H3,(H2,30,32,33);1H/b12-7+;. The van der Waals surface area contributed by atoms with Crippen LogP contribution in [0, 0.1) is 0 Å². The first-order chi connectivity index (χ1) is 19.0. The lowest BCUT2D eigenvalue weighted by atomic mass is 10.2. The zero-order valence-electron chi connectivity index (χ0n) is 21.9. The largest absolute Gasteiger partial charge is 0.457 e. The number of nitrogens with two attached hydrogens (primary N) is 1. The molecular formula is C29H28ClN7O3. The van der Waals surface area contributed by atoms with Crippen molar-refractivity contribution in [1.29, 1.82) is 0 Å². The molecule has 11 heteroatoms. The van der Waals surface area contributed by atoms with Crippen LogP contribution in [-0.2, 0) is 4.79 Å². The first-order valence-corrected chi connectivity index (χ1v) is 12.2. The number of hydrogen-bond acceptors (Lipinski definition) is 7. The zero-order valence-corrected chi connectivity index (χ0v) is 22.7. The molecule has 0 spiro atoms. The molecule has 0 aliphatic carbocycles. The maximum atomic E-state index is 13.9. The number of anilines is 2. The lowest BCUT2D eigenvalue weighted by Gasteiger charge is -2.16. The van der Waals surface area contributed by atoms with Gasteiger partial charge in [-0.3, -0.25) is 9.36 Å². The van der Waals surface area contributed by atoms with Gasteiger partial charge in [-0.1, -0.05) is 30.3 Å². The van der Waals surface area contributed by atoms with Crippen LogP contribution in [0.3, 0.4) is 0 Å². The Morgan fingerprint density at radius 3 is 2.42 bits per heavy atom. The Bertz CT molecular complexity index is 1710. The van der Waals surface area contributed by atoms with E-state index in [1.165, 1.54) is 26.4 Å². The fourth-order valence-corrected chi connectivity index (χ4v) is 4.16. The summed E-state index contributed by atoms with van der Waals surface area (Å²) < 4.78 is 8.82. The first kappa shape index (κ1) is 28.1. The highest BCUT2D eigenvalue weighted by Crippen LogP contribution is 2.27. The van der Waals surface area contributed by atoms with Gasteiger partial charge in [-0.15, -0.1) is 12.4 Å². The Morgan fingerprint density at radius 2 is 1.70 bits per heavy atom. The third-order valence-corrected chi connectivity index (χ3v) is 6.11. The second-order valence-electron chi connectivity index (χ2n) is 8.67. The normalized spacial score (nSPS) is 10.9. The minimum absolute atomic E-state index is 0. The van der Waals surface area contributed by atoms with Crippen LogP contribution in [0.1, 0.15) is 0 Å². The number of fused-ring (bicyclic) bond motifs is 1. The highest BCUT2D eigenvalue weighted by atomic mass is 35.5. The van der Waals surface area contributed by atoms with Gasteiger partial charge in [-0.2, -0.15) is 0 Å². The zero-order chi connectivity index (χ0) is 27.4. The number of hydrogen-bond donors (Lipinski definition) is 2. The molecule has 0 atom stereocenters. The summed E-state index contributed by atoms with van der Waals surface area (Å²) in [5.74, 6) is 1.30. The third kappa shape index (κ3) is 5.58. The van der Waals surface area contributed by atoms with Crippen LogP contribution in [0.2, 0.25) is 0 Å². The van der Waals surface area contributed by atoms with Gasteiger partial charge in [-0.05, 0) is 61.6 Å². The van der Waals surface area contributed by atoms with Crippen molar-refractivity contribution < 1.29 is 9.53 Å². The van der Waals surface area contributed by atoms with Crippen molar-refractivity contribution in [2.75, 3.05) is 31.3 Å². The van der Waals surface area contributed by atoms with Crippen LogP contribution < -0.4 is 26.4 Å². The molecule has 3 N–H and O–H groups in total. The van der Waals surface area contributed by atoms with E-state index in [9.17, 15) is 9.59 Å². The fourth-order valence-electron chi connectivity index (χ4n) is 4.16. The Labute approximate surface area is 236 Å². The Balaban J connectivity index is 0.00000370. The number of imidazole rings is 1. The first-order valence-electron chi connectivity index (χ1n) is 12.2. The topological polar surface area (TPSA) is 120 Å². The number of halogens is 1. The van der Waals surface area contributed by atoms with E-state index >= 15 is 0 Å². The molecular weight excluding hydrogens is 530 g/mol. The van der Waals surface area contributed by atoms with Gasteiger partial charge in [0.25, 0.3) is 0 Å². The van der Waals surface area contributed by atoms with E-state index < -0.39 is 0 Å². The molecule has 40 heavy (non-hydrogen) atoms. The van der Waals surface area contributed by atoms with E-state index in [4.69, 9.17) is 10.5 Å². The Morgan fingerprint density at radius 1 is 0.975 bits per heavy atom. The number of aromatic nitrogens is 4. The molecule has 0 saturated heterocycles. The summed E-state index contributed by atoms with van der Waals surface area (Å²) in [5.41, 5.74) is 8.31. The molecule has 0 radical (unpaired) electrons. The van der Waals surface area contributed by atoms with Crippen molar-refractivity contribution in [2.24, 2.45) is 0 Å². The number of likely N-dealkylation sites (N-methyl/N-ethyl adjacent to an activating group) is 2. The molecule has 0 aliphatic rings. The molecule has 0 unspecified atom stereocenters. The molecule has 2 heterocycles. The molecule has 0 bridgehead atoms. The molecule has 0 fully saturated rings. The predicted molar refractivity (Wildman–Crippen MR) is 159 cm³/mol. The SMILES string of the molecule is CNC/C=C/C(=O)N(C)c1cccc(-n2c(=O)n(-c3ccc(Oc4ccccc4)cc3)c3c(N)ncnc32)c1.Cl. The summed E-state index contributed by atoms with van der Waals surface area (Å²) in [6, 6.07) is 23.6. The van der Waals surface area contributed by atoms with E-state index in [-0.39, 0.29) is 29.8 Å². The molecule has 5 rings (SSSR count). The van der Waals surface area contributed by atoms with Crippen LogP contribution >= 0.6 is 12.4 Å². The number of amides is 1. The number of carbonyl (C=O) groups excluding carboxylic acids is 1. The van der Waals surface area contributed by atoms with E-state index in [0.717, 1.165) is 0 Å². The van der Waals surface area contributed by atoms with Gasteiger partial charge in [-0.25, -0.2) is 19.3 Å². The monoisotopic (exact) mass is 557 g/mol. The molecule has 0 saturated carbocycles. The quantitative estimate of drug-likeness (QED) is 0.275. The van der Waals surface area contributed by atoms with Crippen LogP contribution in [0.15, 0.2) is 102 Å². The number of nitrogens with zero attached hydrogens (tertiary/aromatic N) is 5. The second kappa shape index (κ2) is 12.3. The van der Waals surface area contributed by atoms with Crippen molar-refractivity contribution in [2.45, 2.75) is 0 Å². The van der Waals surface area contributed by atoms with Crippen molar-refractivity contribution >= 4 is 41.0 Å².